The molecule has 10 heteroatoms. The number of anilines is 1. The molecule has 0 bridgehead atoms. The van der Waals surface area contributed by atoms with Crippen LogP contribution in [0.25, 0.3) is 11.1 Å². The third-order valence-corrected chi connectivity index (χ3v) is 4.34. The summed E-state index contributed by atoms with van der Waals surface area (Å²) in [4.78, 5) is 10.7. The maximum Gasteiger partial charge on any atom is 0.182 e. The lowest BCUT2D eigenvalue weighted by atomic mass is 10.1. The third kappa shape index (κ3) is 5.14. The van der Waals surface area contributed by atoms with E-state index in [9.17, 15) is 5.26 Å². The number of nitriles is 1. The molecule has 1 aliphatic heterocycles. The van der Waals surface area contributed by atoms with Gasteiger partial charge in [-0.2, -0.15) is 10.4 Å². The van der Waals surface area contributed by atoms with Crippen LogP contribution >= 0.6 is 0 Å². The summed E-state index contributed by atoms with van der Waals surface area (Å²) in [7, 11) is 7.40. The highest BCUT2D eigenvalue weighted by molar-refractivity contribution is 6.02. The quantitative estimate of drug-likeness (QED) is 0.674. The van der Waals surface area contributed by atoms with Crippen LogP contribution in [0.15, 0.2) is 41.7 Å². The Morgan fingerprint density at radius 1 is 1.40 bits per heavy atom. The van der Waals surface area contributed by atoms with Crippen molar-refractivity contribution in [2.24, 2.45) is 12.0 Å². The first-order valence-corrected chi connectivity index (χ1v) is 9.44. The minimum Gasteiger partial charge on any atom is -0.496 e. The number of aromatic nitrogens is 3. The molecule has 30 heavy (non-hydrogen) atoms. The van der Waals surface area contributed by atoms with Gasteiger partial charge in [0.15, 0.2) is 11.9 Å². The van der Waals surface area contributed by atoms with Gasteiger partial charge in [0, 0.05) is 43.2 Å². The van der Waals surface area contributed by atoms with Gasteiger partial charge >= 0.3 is 0 Å². The summed E-state index contributed by atoms with van der Waals surface area (Å²) in [6.07, 6.45) is 6.18. The number of pyridine rings is 1. The molecule has 1 aliphatic rings. The molecule has 1 unspecified atom stereocenters. The summed E-state index contributed by atoms with van der Waals surface area (Å²) in [6.45, 7) is 2.67. The van der Waals surface area contributed by atoms with Gasteiger partial charge in [0.1, 0.15) is 23.5 Å². The second-order valence-electron chi connectivity index (χ2n) is 7.20. The van der Waals surface area contributed by atoms with Gasteiger partial charge < -0.3 is 25.0 Å². The van der Waals surface area contributed by atoms with Gasteiger partial charge in [0.2, 0.25) is 0 Å². The highest BCUT2D eigenvalue weighted by atomic mass is 16.5. The maximum absolute atomic E-state index is 9.34. The number of methoxy groups -OCH3 is 1. The SMILES string of the molecule is COc1cc(NC2=CN=C(C#N)C(O[C@H](C)CN(C)C)N2)ncc1-c1cnn(C)c1. The van der Waals surface area contributed by atoms with Crippen LogP contribution in [0.5, 0.6) is 5.75 Å². The van der Waals surface area contributed by atoms with E-state index >= 15 is 0 Å². The van der Waals surface area contributed by atoms with Gasteiger partial charge in [-0.1, -0.05) is 0 Å². The molecule has 2 N–H and O–H groups in total. The van der Waals surface area contributed by atoms with Crippen LogP contribution in [0.3, 0.4) is 0 Å². The first-order chi connectivity index (χ1) is 14.4. The lowest BCUT2D eigenvalue weighted by Crippen LogP contribution is -2.45. The number of hydrogen-bond donors (Lipinski definition) is 2. The van der Waals surface area contributed by atoms with E-state index in [0.29, 0.717) is 17.4 Å². The Hall–Kier alpha value is -3.42. The van der Waals surface area contributed by atoms with Gasteiger partial charge in [-0.25, -0.2) is 9.98 Å². The zero-order chi connectivity index (χ0) is 21.7. The predicted octanol–water partition coefficient (Wildman–Crippen LogP) is 1.56. The average molecular weight is 410 g/mol. The Balaban J connectivity index is 1.75. The van der Waals surface area contributed by atoms with Crippen molar-refractivity contribution < 1.29 is 9.47 Å². The van der Waals surface area contributed by atoms with Crippen molar-refractivity contribution in [3.05, 3.63) is 36.7 Å². The molecule has 0 saturated heterocycles. The molecular formula is C20H26N8O2. The Kier molecular flexibility index (Phi) is 6.66. The van der Waals surface area contributed by atoms with E-state index in [1.165, 1.54) is 6.20 Å². The molecule has 0 radical (unpaired) electrons. The number of nitrogens with zero attached hydrogens (tertiary/aromatic N) is 6. The fourth-order valence-electron chi connectivity index (χ4n) is 3.08. The van der Waals surface area contributed by atoms with Crippen molar-refractivity contribution >= 4 is 11.5 Å². The van der Waals surface area contributed by atoms with Crippen molar-refractivity contribution in [1.29, 1.82) is 5.26 Å². The normalized spacial score (nSPS) is 16.9. The lowest BCUT2D eigenvalue weighted by molar-refractivity contribution is 0.00972. The minimum atomic E-state index is -0.644. The molecule has 2 aromatic heterocycles. The minimum absolute atomic E-state index is 0.0904. The summed E-state index contributed by atoms with van der Waals surface area (Å²) in [5.41, 5.74) is 2.02. The van der Waals surface area contributed by atoms with Crippen molar-refractivity contribution in [2.75, 3.05) is 33.1 Å². The Morgan fingerprint density at radius 2 is 2.20 bits per heavy atom. The van der Waals surface area contributed by atoms with E-state index in [1.54, 1.807) is 30.3 Å². The van der Waals surface area contributed by atoms with Gasteiger partial charge in [-0.05, 0) is 21.0 Å². The van der Waals surface area contributed by atoms with E-state index in [0.717, 1.165) is 17.7 Å². The van der Waals surface area contributed by atoms with Gasteiger partial charge in [-0.15, -0.1) is 0 Å². The van der Waals surface area contributed by atoms with Crippen molar-refractivity contribution in [3.8, 4) is 22.9 Å². The predicted molar refractivity (Wildman–Crippen MR) is 114 cm³/mol. The number of likely N-dealkylation sites (N-methyl/N-ethyl adjacent to an activating group) is 1. The monoisotopic (exact) mass is 410 g/mol. The second kappa shape index (κ2) is 9.39. The van der Waals surface area contributed by atoms with Gasteiger partial charge in [0.25, 0.3) is 0 Å². The number of aliphatic imine (C=N–C) groups is 1. The first kappa shape index (κ1) is 21.3. The topological polar surface area (TPSA) is 113 Å². The van der Waals surface area contributed by atoms with Crippen LogP contribution in [0.1, 0.15) is 6.92 Å². The lowest BCUT2D eigenvalue weighted by Gasteiger charge is -2.27. The highest BCUT2D eigenvalue weighted by Crippen LogP contribution is 2.31. The summed E-state index contributed by atoms with van der Waals surface area (Å²) in [5, 5.41) is 19.8. The molecule has 0 aromatic carbocycles. The molecule has 2 atom stereocenters. The van der Waals surface area contributed by atoms with Gasteiger partial charge in [0.05, 0.1) is 25.6 Å². The van der Waals surface area contributed by atoms with Crippen LogP contribution < -0.4 is 15.4 Å². The highest BCUT2D eigenvalue weighted by Gasteiger charge is 2.24. The average Bonchev–Trinajstić information content (AvgIpc) is 3.13. The zero-order valence-electron chi connectivity index (χ0n) is 17.7. The maximum atomic E-state index is 9.34. The molecule has 0 aliphatic carbocycles. The fraction of sp³-hybridized carbons (Fsp3) is 0.400. The zero-order valence-corrected chi connectivity index (χ0v) is 17.7. The summed E-state index contributed by atoms with van der Waals surface area (Å²) in [6, 6.07) is 3.87. The summed E-state index contributed by atoms with van der Waals surface area (Å²) in [5.74, 6) is 1.79. The number of aryl methyl sites for hydroxylation is 1. The van der Waals surface area contributed by atoms with Crippen LogP contribution in [0, 0.1) is 11.3 Å². The van der Waals surface area contributed by atoms with Crippen LogP contribution in [-0.4, -0.2) is 65.5 Å². The Bertz CT molecular complexity index is 989. The molecule has 158 valence electrons. The molecule has 3 rings (SSSR count). The molecule has 0 spiro atoms. The molecule has 0 fully saturated rings. The standard InChI is InChI=1S/C20H26N8O2/c1-13(11-27(2)3)30-20-16(7-21)22-10-19(26-20)25-18-6-17(29-5)15(9-23-18)14-8-24-28(4)12-14/h6,8-10,12-13,20,26H,11H2,1-5H3,(H,23,25)/t13-,20?/m1/s1. The summed E-state index contributed by atoms with van der Waals surface area (Å²) >= 11 is 0. The first-order valence-electron chi connectivity index (χ1n) is 9.44. The number of rotatable bonds is 8. The van der Waals surface area contributed by atoms with E-state index in [1.807, 2.05) is 39.2 Å². The van der Waals surface area contributed by atoms with E-state index < -0.39 is 6.23 Å². The molecule has 0 saturated carbocycles. The third-order valence-electron chi connectivity index (χ3n) is 4.34. The smallest absolute Gasteiger partial charge is 0.182 e. The fourth-order valence-corrected chi connectivity index (χ4v) is 3.08. The second-order valence-corrected chi connectivity index (χ2v) is 7.20. The molecule has 10 nitrogen and oxygen atoms in total. The molecule has 2 aromatic rings. The van der Waals surface area contributed by atoms with E-state index in [4.69, 9.17) is 9.47 Å². The molecule has 0 amide bonds. The van der Waals surface area contributed by atoms with E-state index in [2.05, 4.69) is 31.8 Å². The summed E-state index contributed by atoms with van der Waals surface area (Å²) < 4.78 is 13.2. The van der Waals surface area contributed by atoms with Gasteiger partial charge in [-0.3, -0.25) is 4.68 Å². The van der Waals surface area contributed by atoms with Crippen molar-refractivity contribution in [1.82, 2.24) is 25.0 Å². The van der Waals surface area contributed by atoms with Crippen LogP contribution in [-0.2, 0) is 11.8 Å². The number of nitrogens with one attached hydrogen (secondary N) is 2. The largest absolute Gasteiger partial charge is 0.496 e. The van der Waals surface area contributed by atoms with Crippen molar-refractivity contribution in [2.45, 2.75) is 19.3 Å². The van der Waals surface area contributed by atoms with Crippen molar-refractivity contribution in [3.63, 3.8) is 0 Å². The Morgan fingerprint density at radius 3 is 2.83 bits per heavy atom. The number of ether oxygens (including phenoxy) is 2. The number of hydrogen-bond acceptors (Lipinski definition) is 9. The van der Waals surface area contributed by atoms with Crippen LogP contribution in [0.2, 0.25) is 0 Å². The molecule has 3 heterocycles. The Labute approximate surface area is 175 Å². The van der Waals surface area contributed by atoms with Crippen LogP contribution in [0.4, 0.5) is 5.82 Å². The van der Waals surface area contributed by atoms with E-state index in [-0.39, 0.29) is 11.8 Å². The molecular weight excluding hydrogens is 384 g/mol.